The van der Waals surface area contributed by atoms with Crippen LogP contribution in [0.1, 0.15) is 57.4 Å². The van der Waals surface area contributed by atoms with Gasteiger partial charge in [0, 0.05) is 5.70 Å². The van der Waals surface area contributed by atoms with Crippen LogP contribution in [-0.4, -0.2) is 24.7 Å². The van der Waals surface area contributed by atoms with Crippen LogP contribution >= 0.6 is 0 Å². The molecule has 0 bridgehead atoms. The van der Waals surface area contributed by atoms with Crippen molar-refractivity contribution < 1.29 is 23.8 Å². The maximum absolute atomic E-state index is 13.0. The van der Waals surface area contributed by atoms with Crippen molar-refractivity contribution >= 4 is 12.0 Å². The molecule has 1 unspecified atom stereocenters. The normalized spacial score (nSPS) is 15.8. The average Bonchev–Trinajstić information content (AvgIpc) is 2.78. The molecule has 0 aliphatic carbocycles. The van der Waals surface area contributed by atoms with Crippen molar-refractivity contribution in [3.8, 4) is 11.5 Å². The van der Waals surface area contributed by atoms with Crippen LogP contribution in [0.25, 0.3) is 0 Å². The number of aryl methyl sites for hydroxylation is 1. The van der Waals surface area contributed by atoms with Crippen LogP contribution in [0.15, 0.2) is 53.7 Å². The minimum absolute atomic E-state index is 0.0771. The third-order valence-electron chi connectivity index (χ3n) is 5.36. The first-order valence-electron chi connectivity index (χ1n) is 11.7. The Morgan fingerprint density at radius 2 is 1.71 bits per heavy atom. The highest BCUT2D eigenvalue weighted by molar-refractivity contribution is 5.95. The van der Waals surface area contributed by atoms with Crippen LogP contribution in [0.3, 0.4) is 0 Å². The molecule has 0 radical (unpaired) electrons. The molecular weight excluding hydrogens is 432 g/mol. The van der Waals surface area contributed by atoms with Gasteiger partial charge in [-0.1, -0.05) is 49.7 Å². The van der Waals surface area contributed by atoms with Crippen molar-refractivity contribution in [1.82, 2.24) is 10.6 Å². The van der Waals surface area contributed by atoms with Crippen molar-refractivity contribution in [2.45, 2.75) is 60.3 Å². The summed E-state index contributed by atoms with van der Waals surface area (Å²) in [6.07, 6.45) is -0.289. The highest BCUT2D eigenvalue weighted by Crippen LogP contribution is 2.36. The van der Waals surface area contributed by atoms with E-state index in [9.17, 15) is 9.59 Å². The molecule has 0 aromatic heterocycles. The van der Waals surface area contributed by atoms with Crippen LogP contribution in [-0.2, 0) is 16.1 Å². The molecule has 7 nitrogen and oxygen atoms in total. The second kappa shape index (κ2) is 11.1. The maximum Gasteiger partial charge on any atom is 0.338 e. The van der Waals surface area contributed by atoms with E-state index in [0.29, 0.717) is 41.5 Å². The van der Waals surface area contributed by atoms with E-state index >= 15 is 0 Å². The minimum Gasteiger partial charge on any atom is -0.490 e. The first-order chi connectivity index (χ1) is 16.2. The molecule has 2 aromatic rings. The third kappa shape index (κ3) is 6.10. The van der Waals surface area contributed by atoms with E-state index in [1.54, 1.807) is 13.8 Å². The first-order valence-corrected chi connectivity index (χ1v) is 11.7. The first kappa shape index (κ1) is 25.1. The molecule has 0 fully saturated rings. The predicted molar refractivity (Wildman–Crippen MR) is 131 cm³/mol. The van der Waals surface area contributed by atoms with Gasteiger partial charge in [0.1, 0.15) is 6.61 Å². The second-order valence-corrected chi connectivity index (χ2v) is 8.88. The zero-order valence-electron chi connectivity index (χ0n) is 20.7. The van der Waals surface area contributed by atoms with Gasteiger partial charge in [0.05, 0.1) is 24.3 Å². The lowest BCUT2D eigenvalue weighted by molar-refractivity contribution is -0.143. The summed E-state index contributed by atoms with van der Waals surface area (Å²) < 4.78 is 17.4. The van der Waals surface area contributed by atoms with Crippen LogP contribution in [0, 0.1) is 12.8 Å². The van der Waals surface area contributed by atoms with Gasteiger partial charge in [-0.2, -0.15) is 0 Å². The Kier molecular flexibility index (Phi) is 8.21. The molecule has 1 atom stereocenters. The van der Waals surface area contributed by atoms with Gasteiger partial charge in [-0.25, -0.2) is 9.59 Å². The Bertz CT molecular complexity index is 1060. The fraction of sp³-hybridized carbons (Fsp3) is 0.407. The van der Waals surface area contributed by atoms with E-state index in [4.69, 9.17) is 14.2 Å². The summed E-state index contributed by atoms with van der Waals surface area (Å²) >= 11 is 0. The van der Waals surface area contributed by atoms with Crippen molar-refractivity contribution in [1.29, 1.82) is 0 Å². The summed E-state index contributed by atoms with van der Waals surface area (Å²) in [4.78, 5) is 25.5. The lowest BCUT2D eigenvalue weighted by Crippen LogP contribution is -2.47. The molecule has 2 amide bonds. The molecule has 2 N–H and O–H groups in total. The van der Waals surface area contributed by atoms with Gasteiger partial charge in [-0.05, 0) is 56.9 Å². The van der Waals surface area contributed by atoms with Crippen LogP contribution in [0.2, 0.25) is 0 Å². The average molecular weight is 467 g/mol. The molecule has 2 aromatic carbocycles. The molecule has 0 saturated heterocycles. The highest BCUT2D eigenvalue weighted by Gasteiger charge is 2.35. The maximum atomic E-state index is 13.0. The SMILES string of the molecule is CCOc1cc(C2NC(=O)NC(C(C)C)=C2C(=O)OC(C)C)ccc1OCc1ccc(C)cc1. The molecule has 0 saturated carbocycles. The Hall–Kier alpha value is -3.48. The second-order valence-electron chi connectivity index (χ2n) is 8.88. The lowest BCUT2D eigenvalue weighted by atomic mass is 9.91. The molecule has 1 aliphatic heterocycles. The van der Waals surface area contributed by atoms with Crippen LogP contribution in [0.5, 0.6) is 11.5 Å². The minimum atomic E-state index is -0.678. The number of nitrogens with one attached hydrogen (secondary N) is 2. The molecule has 182 valence electrons. The Morgan fingerprint density at radius 1 is 1.00 bits per heavy atom. The highest BCUT2D eigenvalue weighted by atomic mass is 16.5. The smallest absolute Gasteiger partial charge is 0.338 e. The molecule has 1 heterocycles. The number of allylic oxidation sites excluding steroid dienone is 1. The number of amides is 2. The Labute approximate surface area is 201 Å². The summed E-state index contributed by atoms with van der Waals surface area (Å²) in [7, 11) is 0. The van der Waals surface area contributed by atoms with Crippen molar-refractivity contribution in [3.63, 3.8) is 0 Å². The van der Waals surface area contributed by atoms with E-state index in [0.717, 1.165) is 5.56 Å². The number of carbonyl (C=O) groups excluding carboxylic acids is 2. The summed E-state index contributed by atoms with van der Waals surface area (Å²) in [6, 6.07) is 12.6. The van der Waals surface area contributed by atoms with Gasteiger partial charge in [0.2, 0.25) is 0 Å². The zero-order chi connectivity index (χ0) is 24.8. The third-order valence-corrected chi connectivity index (χ3v) is 5.36. The number of hydrogen-bond acceptors (Lipinski definition) is 5. The van der Waals surface area contributed by atoms with Gasteiger partial charge in [0.15, 0.2) is 11.5 Å². The number of urea groups is 1. The van der Waals surface area contributed by atoms with Crippen molar-refractivity contribution in [2.75, 3.05) is 6.61 Å². The topological polar surface area (TPSA) is 85.9 Å². The summed E-state index contributed by atoms with van der Waals surface area (Å²) in [5.41, 5.74) is 3.88. The Balaban J connectivity index is 1.96. The van der Waals surface area contributed by atoms with Gasteiger partial charge < -0.3 is 24.8 Å². The van der Waals surface area contributed by atoms with Crippen molar-refractivity contribution in [2.24, 2.45) is 5.92 Å². The van der Waals surface area contributed by atoms with Crippen LogP contribution in [0.4, 0.5) is 4.79 Å². The lowest BCUT2D eigenvalue weighted by Gasteiger charge is -2.31. The van der Waals surface area contributed by atoms with E-state index in [-0.39, 0.29) is 18.1 Å². The molecule has 3 rings (SSSR count). The van der Waals surface area contributed by atoms with Gasteiger partial charge in [0.25, 0.3) is 0 Å². The standard InChI is InChI=1S/C27H34N2O5/c1-7-32-22-14-20(12-13-21(22)33-15-19-10-8-18(6)9-11-19)25-23(26(30)34-17(4)5)24(16(2)3)28-27(31)29-25/h8-14,16-17,25H,7,15H2,1-6H3,(H2,28,29,31). The monoisotopic (exact) mass is 466 g/mol. The summed E-state index contributed by atoms with van der Waals surface area (Å²) in [5, 5.41) is 5.65. The van der Waals surface area contributed by atoms with E-state index in [1.807, 2.05) is 70.2 Å². The van der Waals surface area contributed by atoms with E-state index in [2.05, 4.69) is 10.6 Å². The number of ether oxygens (including phenoxy) is 3. The predicted octanol–water partition coefficient (Wildman–Crippen LogP) is 5.19. The van der Waals surface area contributed by atoms with E-state index < -0.39 is 12.0 Å². The van der Waals surface area contributed by atoms with Crippen LogP contribution < -0.4 is 20.1 Å². The number of rotatable bonds is 9. The summed E-state index contributed by atoms with van der Waals surface area (Å²) in [5.74, 6) is 0.592. The number of esters is 1. The molecule has 34 heavy (non-hydrogen) atoms. The summed E-state index contributed by atoms with van der Waals surface area (Å²) in [6.45, 7) is 12.2. The van der Waals surface area contributed by atoms with Gasteiger partial charge in [-0.15, -0.1) is 0 Å². The molecular formula is C27H34N2O5. The number of carbonyl (C=O) groups is 2. The number of benzene rings is 2. The molecule has 7 heteroatoms. The zero-order valence-corrected chi connectivity index (χ0v) is 20.7. The molecule has 1 aliphatic rings. The van der Waals surface area contributed by atoms with Gasteiger partial charge in [-0.3, -0.25) is 0 Å². The largest absolute Gasteiger partial charge is 0.490 e. The quantitative estimate of drug-likeness (QED) is 0.497. The molecule has 0 spiro atoms. The fourth-order valence-electron chi connectivity index (χ4n) is 3.73. The van der Waals surface area contributed by atoms with Gasteiger partial charge >= 0.3 is 12.0 Å². The van der Waals surface area contributed by atoms with Crippen molar-refractivity contribution in [3.05, 3.63) is 70.4 Å². The number of hydrogen-bond donors (Lipinski definition) is 2. The fourth-order valence-corrected chi connectivity index (χ4v) is 3.73. The van der Waals surface area contributed by atoms with E-state index in [1.165, 1.54) is 5.56 Å². The Morgan fingerprint density at radius 3 is 2.32 bits per heavy atom.